The van der Waals surface area contributed by atoms with Crippen LogP contribution in [-0.2, 0) is 0 Å². The van der Waals surface area contributed by atoms with Gasteiger partial charge in [-0.3, -0.25) is 9.59 Å². The third kappa shape index (κ3) is 1.60. The van der Waals surface area contributed by atoms with Crippen molar-refractivity contribution in [2.24, 2.45) is 0 Å². The molecule has 0 atom stereocenters. The number of fused-ring (bicyclic) bond motifs is 2. The van der Waals surface area contributed by atoms with Gasteiger partial charge in [0.2, 0.25) is 0 Å². The van der Waals surface area contributed by atoms with Crippen molar-refractivity contribution in [1.82, 2.24) is 0 Å². The molecule has 19 heavy (non-hydrogen) atoms. The molecule has 0 aromatic heterocycles. The number of hydrogen-bond donors (Lipinski definition) is 1. The molecule has 0 heterocycles. The molecule has 3 rings (SSSR count). The van der Waals surface area contributed by atoms with Crippen LogP contribution >= 0.6 is 11.8 Å². The number of ketones is 2. The first-order chi connectivity index (χ1) is 9.15. The summed E-state index contributed by atoms with van der Waals surface area (Å²) in [5.74, 6) is -0.303. The van der Waals surface area contributed by atoms with Gasteiger partial charge in [-0.1, -0.05) is 24.3 Å². The molecule has 4 heteroatoms. The van der Waals surface area contributed by atoms with Gasteiger partial charge in [-0.05, 0) is 18.4 Å². The van der Waals surface area contributed by atoms with E-state index in [9.17, 15) is 9.59 Å². The molecule has 2 aromatic carbocycles. The van der Waals surface area contributed by atoms with Gasteiger partial charge < -0.3 is 5.73 Å². The molecule has 0 bridgehead atoms. The Bertz CT molecular complexity index is 722. The van der Waals surface area contributed by atoms with Crippen LogP contribution in [0.3, 0.4) is 0 Å². The third-order valence-electron chi connectivity index (χ3n) is 3.31. The molecular formula is C15H11NO2S. The van der Waals surface area contributed by atoms with Crippen LogP contribution in [0.4, 0.5) is 5.69 Å². The summed E-state index contributed by atoms with van der Waals surface area (Å²) in [6.45, 7) is 0. The zero-order chi connectivity index (χ0) is 13.6. The minimum atomic E-state index is -0.168. The lowest BCUT2D eigenvalue weighted by atomic mass is 9.83. The fourth-order valence-electron chi connectivity index (χ4n) is 2.37. The molecule has 0 saturated carbocycles. The minimum Gasteiger partial charge on any atom is -0.397 e. The van der Waals surface area contributed by atoms with Crippen LogP contribution in [0.1, 0.15) is 31.8 Å². The van der Waals surface area contributed by atoms with Crippen molar-refractivity contribution in [3.63, 3.8) is 0 Å². The highest BCUT2D eigenvalue weighted by molar-refractivity contribution is 7.98. The van der Waals surface area contributed by atoms with Crippen molar-refractivity contribution >= 4 is 29.0 Å². The Balaban J connectivity index is 2.33. The van der Waals surface area contributed by atoms with E-state index in [1.54, 1.807) is 36.4 Å². The fraction of sp³-hybridized carbons (Fsp3) is 0.0667. The van der Waals surface area contributed by atoms with Gasteiger partial charge in [-0.2, -0.15) is 0 Å². The van der Waals surface area contributed by atoms with Crippen LogP contribution in [0.5, 0.6) is 0 Å². The summed E-state index contributed by atoms with van der Waals surface area (Å²) in [5, 5.41) is 0. The van der Waals surface area contributed by atoms with E-state index in [1.165, 1.54) is 11.8 Å². The van der Waals surface area contributed by atoms with E-state index in [0.29, 0.717) is 27.9 Å². The molecule has 0 fully saturated rings. The predicted octanol–water partition coefficient (Wildman–Crippen LogP) is 2.77. The van der Waals surface area contributed by atoms with E-state index in [2.05, 4.69) is 0 Å². The van der Waals surface area contributed by atoms with Crippen LogP contribution in [-0.4, -0.2) is 17.8 Å². The van der Waals surface area contributed by atoms with Crippen LogP contribution in [0, 0.1) is 0 Å². The SMILES string of the molecule is CSc1ccc2c(c1N)C(=O)c1ccccc1C2=O. The van der Waals surface area contributed by atoms with Gasteiger partial charge >= 0.3 is 0 Å². The van der Waals surface area contributed by atoms with Crippen LogP contribution in [0.2, 0.25) is 0 Å². The zero-order valence-electron chi connectivity index (χ0n) is 10.3. The highest BCUT2D eigenvalue weighted by atomic mass is 32.2. The van der Waals surface area contributed by atoms with Gasteiger partial charge in [0.1, 0.15) is 0 Å². The lowest BCUT2D eigenvalue weighted by Crippen LogP contribution is -2.22. The summed E-state index contributed by atoms with van der Waals surface area (Å²) in [6, 6.07) is 10.3. The molecule has 2 aromatic rings. The first kappa shape index (κ1) is 12.0. The third-order valence-corrected chi connectivity index (χ3v) is 4.11. The topological polar surface area (TPSA) is 60.2 Å². The van der Waals surface area contributed by atoms with Gasteiger partial charge in [0.25, 0.3) is 0 Å². The second-order valence-electron chi connectivity index (χ2n) is 4.31. The average Bonchev–Trinajstić information content (AvgIpc) is 2.44. The Morgan fingerprint density at radius 3 is 2.16 bits per heavy atom. The van der Waals surface area contributed by atoms with E-state index >= 15 is 0 Å². The molecule has 0 aliphatic heterocycles. The minimum absolute atomic E-state index is 0.135. The largest absolute Gasteiger partial charge is 0.397 e. The highest BCUT2D eigenvalue weighted by Gasteiger charge is 2.31. The Morgan fingerprint density at radius 2 is 1.53 bits per heavy atom. The first-order valence-corrected chi connectivity index (χ1v) is 7.02. The molecule has 1 aliphatic rings. The van der Waals surface area contributed by atoms with E-state index in [1.807, 2.05) is 6.26 Å². The molecule has 0 spiro atoms. The molecule has 3 nitrogen and oxygen atoms in total. The normalized spacial score (nSPS) is 13.1. The highest BCUT2D eigenvalue weighted by Crippen LogP contribution is 2.35. The van der Waals surface area contributed by atoms with E-state index in [0.717, 1.165) is 4.90 Å². The number of rotatable bonds is 1. The first-order valence-electron chi connectivity index (χ1n) is 5.80. The number of anilines is 1. The Hall–Kier alpha value is -2.07. The van der Waals surface area contributed by atoms with Crippen LogP contribution in [0.15, 0.2) is 41.3 Å². The number of nitrogen functional groups attached to an aromatic ring is 1. The zero-order valence-corrected chi connectivity index (χ0v) is 11.1. The van der Waals surface area contributed by atoms with Gasteiger partial charge in [0, 0.05) is 21.6 Å². The number of hydrogen-bond acceptors (Lipinski definition) is 4. The molecular weight excluding hydrogens is 258 g/mol. The van der Waals surface area contributed by atoms with E-state index in [-0.39, 0.29) is 11.6 Å². The van der Waals surface area contributed by atoms with Gasteiger partial charge in [0.05, 0.1) is 11.3 Å². The van der Waals surface area contributed by atoms with Gasteiger partial charge in [-0.25, -0.2) is 0 Å². The molecule has 2 N–H and O–H groups in total. The van der Waals surface area contributed by atoms with Gasteiger partial charge in [0.15, 0.2) is 11.6 Å². The number of carbonyl (C=O) groups is 2. The Kier molecular flexibility index (Phi) is 2.68. The summed E-state index contributed by atoms with van der Waals surface area (Å²) in [4.78, 5) is 25.7. The molecule has 1 aliphatic carbocycles. The predicted molar refractivity (Wildman–Crippen MR) is 75.9 cm³/mol. The van der Waals surface area contributed by atoms with Crippen LogP contribution < -0.4 is 5.73 Å². The fourth-order valence-corrected chi connectivity index (χ4v) is 2.90. The molecule has 0 radical (unpaired) electrons. The monoisotopic (exact) mass is 269 g/mol. The lowest BCUT2D eigenvalue weighted by Gasteiger charge is -2.19. The van der Waals surface area contributed by atoms with Crippen molar-refractivity contribution in [2.75, 3.05) is 12.0 Å². The van der Waals surface area contributed by atoms with Crippen LogP contribution in [0.25, 0.3) is 0 Å². The second-order valence-corrected chi connectivity index (χ2v) is 5.16. The van der Waals surface area contributed by atoms with Crippen molar-refractivity contribution < 1.29 is 9.59 Å². The summed E-state index contributed by atoms with van der Waals surface area (Å²) < 4.78 is 0. The molecule has 0 unspecified atom stereocenters. The Labute approximate surface area is 114 Å². The summed E-state index contributed by atoms with van der Waals surface area (Å²) in [5.41, 5.74) is 8.07. The summed E-state index contributed by atoms with van der Waals surface area (Å²) in [6.07, 6.45) is 1.89. The maximum Gasteiger partial charge on any atom is 0.196 e. The van der Waals surface area contributed by atoms with Gasteiger partial charge in [-0.15, -0.1) is 11.8 Å². The van der Waals surface area contributed by atoms with Crippen molar-refractivity contribution in [3.8, 4) is 0 Å². The molecule has 94 valence electrons. The standard InChI is InChI=1S/C15H11NO2S/c1-19-11-7-6-10-12(13(11)16)15(18)9-5-3-2-4-8(9)14(10)17/h2-7H,16H2,1H3. The molecule has 0 amide bonds. The second kappa shape index (κ2) is 4.24. The number of carbonyl (C=O) groups excluding carboxylic acids is 2. The summed E-state index contributed by atoms with van der Waals surface area (Å²) in [7, 11) is 0. The Morgan fingerprint density at radius 1 is 0.895 bits per heavy atom. The van der Waals surface area contributed by atoms with Crippen molar-refractivity contribution in [3.05, 3.63) is 58.7 Å². The average molecular weight is 269 g/mol. The lowest BCUT2D eigenvalue weighted by molar-refractivity contribution is 0.0979. The quantitative estimate of drug-likeness (QED) is 0.545. The number of nitrogens with two attached hydrogens (primary N) is 1. The number of benzene rings is 2. The van der Waals surface area contributed by atoms with Crippen molar-refractivity contribution in [2.45, 2.75) is 4.90 Å². The van der Waals surface area contributed by atoms with E-state index < -0.39 is 0 Å². The number of thioether (sulfide) groups is 1. The maximum atomic E-state index is 12.5. The van der Waals surface area contributed by atoms with E-state index in [4.69, 9.17) is 5.73 Å². The molecule has 0 saturated heterocycles. The summed E-state index contributed by atoms with van der Waals surface area (Å²) >= 11 is 1.46. The maximum absolute atomic E-state index is 12.5. The van der Waals surface area contributed by atoms with Crippen molar-refractivity contribution in [1.29, 1.82) is 0 Å². The smallest absolute Gasteiger partial charge is 0.196 e.